The lowest BCUT2D eigenvalue weighted by Gasteiger charge is -2.37. The maximum absolute atomic E-state index is 14.9. The van der Waals surface area contributed by atoms with Crippen LogP contribution in [-0.4, -0.2) is 50.8 Å². The number of ketones is 3. The summed E-state index contributed by atoms with van der Waals surface area (Å²) in [5.74, 6) is -0.414. The summed E-state index contributed by atoms with van der Waals surface area (Å²) in [4.78, 5) is 46.6. The van der Waals surface area contributed by atoms with Crippen molar-refractivity contribution < 1.29 is 28.6 Å². The van der Waals surface area contributed by atoms with Crippen molar-refractivity contribution >= 4 is 29.1 Å². The normalized spacial score (nSPS) is 20.9. The Labute approximate surface area is 249 Å². The van der Waals surface area contributed by atoms with E-state index in [1.54, 1.807) is 67.8 Å². The van der Waals surface area contributed by atoms with E-state index in [0.717, 1.165) is 11.3 Å². The quantitative estimate of drug-likeness (QED) is 0.207. The van der Waals surface area contributed by atoms with Gasteiger partial charge in [-0.3, -0.25) is 14.4 Å². The monoisotopic (exact) mass is 571 g/mol. The van der Waals surface area contributed by atoms with E-state index in [0.29, 0.717) is 39.5 Å². The molecule has 0 N–H and O–H groups in total. The van der Waals surface area contributed by atoms with E-state index in [9.17, 15) is 14.4 Å². The second-order valence-corrected chi connectivity index (χ2v) is 10.9. The number of carbonyl (C=O) groups is 3. The number of fused-ring (bicyclic) bond motifs is 5. The zero-order valence-electron chi connectivity index (χ0n) is 23.9. The Hall–Kier alpha value is -5.17. The largest absolute Gasteiger partial charge is 0.497 e. The third-order valence-corrected chi connectivity index (χ3v) is 9.10. The molecule has 3 atom stereocenters. The fourth-order valence-electron chi connectivity index (χ4n) is 7.36. The molecule has 2 heterocycles. The van der Waals surface area contributed by atoms with Crippen LogP contribution >= 0.6 is 0 Å². The van der Waals surface area contributed by atoms with Gasteiger partial charge in [-0.05, 0) is 29.8 Å². The molecule has 214 valence electrons. The van der Waals surface area contributed by atoms with Crippen LogP contribution in [0.3, 0.4) is 0 Å². The molecule has 7 rings (SSSR count). The molecule has 0 radical (unpaired) electrons. The third kappa shape index (κ3) is 3.57. The highest BCUT2D eigenvalue weighted by Gasteiger charge is 2.72. The number of hydrogen-bond donors (Lipinski definition) is 0. The number of anilines is 1. The first-order valence-corrected chi connectivity index (χ1v) is 14.1. The number of methoxy groups -OCH3 is 3. The molecular formula is C36H29NO6. The van der Waals surface area contributed by atoms with Gasteiger partial charge in [0.1, 0.15) is 17.2 Å². The average molecular weight is 572 g/mol. The Morgan fingerprint density at radius 1 is 0.767 bits per heavy atom. The van der Waals surface area contributed by atoms with Crippen LogP contribution in [0.15, 0.2) is 97.1 Å². The minimum Gasteiger partial charge on any atom is -0.497 e. The molecule has 1 saturated heterocycles. The lowest BCUT2D eigenvalue weighted by molar-refractivity contribution is 0.0664. The van der Waals surface area contributed by atoms with Crippen LogP contribution in [0.25, 0.3) is 6.08 Å². The second kappa shape index (κ2) is 9.98. The molecule has 7 heteroatoms. The predicted octanol–water partition coefficient (Wildman–Crippen LogP) is 6.03. The van der Waals surface area contributed by atoms with Crippen molar-refractivity contribution in [2.75, 3.05) is 26.2 Å². The van der Waals surface area contributed by atoms with Gasteiger partial charge in [0.15, 0.2) is 28.8 Å². The fourth-order valence-corrected chi connectivity index (χ4v) is 7.36. The molecule has 1 spiro atoms. The van der Waals surface area contributed by atoms with Crippen LogP contribution in [-0.2, 0) is 0 Å². The molecule has 2 aliphatic heterocycles. The summed E-state index contributed by atoms with van der Waals surface area (Å²) in [6, 6.07) is 25.3. The van der Waals surface area contributed by atoms with Crippen LogP contribution in [0, 0.1) is 5.41 Å². The lowest BCUT2D eigenvalue weighted by Crippen LogP contribution is -2.48. The van der Waals surface area contributed by atoms with Crippen molar-refractivity contribution in [2.24, 2.45) is 5.41 Å². The summed E-state index contributed by atoms with van der Waals surface area (Å²) in [7, 11) is 4.61. The molecule has 7 nitrogen and oxygen atoms in total. The molecule has 0 unspecified atom stereocenters. The number of ether oxygens (including phenoxy) is 3. The van der Waals surface area contributed by atoms with E-state index in [2.05, 4.69) is 0 Å². The van der Waals surface area contributed by atoms with Crippen LogP contribution in [0.2, 0.25) is 0 Å². The van der Waals surface area contributed by atoms with Crippen molar-refractivity contribution in [3.05, 3.63) is 125 Å². The molecule has 1 aliphatic carbocycles. The smallest absolute Gasteiger partial charge is 0.186 e. The second-order valence-electron chi connectivity index (χ2n) is 10.9. The highest BCUT2D eigenvalue weighted by Crippen LogP contribution is 2.62. The van der Waals surface area contributed by atoms with Crippen LogP contribution < -0.4 is 19.1 Å². The molecule has 4 aromatic rings. The average Bonchev–Trinajstić information content (AvgIpc) is 3.49. The van der Waals surface area contributed by atoms with E-state index in [4.69, 9.17) is 14.2 Å². The summed E-state index contributed by atoms with van der Waals surface area (Å²) in [5.41, 5.74) is 1.71. The van der Waals surface area contributed by atoms with Gasteiger partial charge < -0.3 is 19.1 Å². The predicted molar refractivity (Wildman–Crippen MR) is 163 cm³/mol. The molecule has 0 bridgehead atoms. The third-order valence-electron chi connectivity index (χ3n) is 9.10. The Morgan fingerprint density at radius 3 is 2.16 bits per heavy atom. The van der Waals surface area contributed by atoms with Crippen molar-refractivity contribution in [1.82, 2.24) is 0 Å². The Bertz CT molecular complexity index is 1810. The van der Waals surface area contributed by atoms with Gasteiger partial charge in [-0.25, -0.2) is 0 Å². The zero-order valence-corrected chi connectivity index (χ0v) is 23.9. The van der Waals surface area contributed by atoms with Gasteiger partial charge in [0.2, 0.25) is 0 Å². The van der Waals surface area contributed by atoms with Gasteiger partial charge in [-0.15, -0.1) is 0 Å². The van der Waals surface area contributed by atoms with Gasteiger partial charge in [0.25, 0.3) is 0 Å². The van der Waals surface area contributed by atoms with E-state index in [1.165, 1.54) is 14.2 Å². The molecule has 0 aromatic heterocycles. The van der Waals surface area contributed by atoms with E-state index in [1.807, 2.05) is 47.4 Å². The van der Waals surface area contributed by atoms with E-state index in [-0.39, 0.29) is 17.3 Å². The number of hydrogen-bond acceptors (Lipinski definition) is 7. The number of carbonyl (C=O) groups excluding carboxylic acids is 3. The molecule has 0 amide bonds. The number of benzene rings is 4. The van der Waals surface area contributed by atoms with Gasteiger partial charge >= 0.3 is 0 Å². The molecule has 43 heavy (non-hydrogen) atoms. The van der Waals surface area contributed by atoms with E-state index < -0.39 is 23.4 Å². The highest BCUT2D eigenvalue weighted by atomic mass is 16.5. The maximum atomic E-state index is 14.9. The maximum Gasteiger partial charge on any atom is 0.186 e. The van der Waals surface area contributed by atoms with Gasteiger partial charge in [0.05, 0.1) is 27.4 Å². The zero-order chi connectivity index (χ0) is 29.9. The molecule has 1 fully saturated rings. The molecule has 3 aliphatic rings. The Morgan fingerprint density at radius 2 is 1.47 bits per heavy atom. The summed E-state index contributed by atoms with van der Waals surface area (Å²) in [6.07, 6.45) is 3.85. The molecular weight excluding hydrogens is 542 g/mol. The van der Waals surface area contributed by atoms with Crippen LogP contribution in [0.4, 0.5) is 5.69 Å². The number of para-hydroxylation sites is 2. The fraction of sp³-hybridized carbons (Fsp3) is 0.194. The van der Waals surface area contributed by atoms with Crippen molar-refractivity contribution in [1.29, 1.82) is 0 Å². The first-order chi connectivity index (χ1) is 21.0. The number of Topliss-reactive ketones (excluding diaryl/α,β-unsaturated/α-hetero) is 3. The SMILES string of the molecule is COc1cccc(C(=O)[C@@H]2[C@H](c3cccc(OC)c3OC)C3(C(=O)c4ccccc4C3=O)[C@@H]3C=Cc4ccccc4N23)c1. The lowest BCUT2D eigenvalue weighted by atomic mass is 9.64. The first kappa shape index (κ1) is 26.7. The minimum absolute atomic E-state index is 0.239. The topological polar surface area (TPSA) is 82.1 Å². The summed E-state index contributed by atoms with van der Waals surface area (Å²) >= 11 is 0. The molecule has 0 saturated carbocycles. The van der Waals surface area contributed by atoms with E-state index >= 15 is 0 Å². The van der Waals surface area contributed by atoms with Crippen molar-refractivity contribution in [3.63, 3.8) is 0 Å². The minimum atomic E-state index is -1.65. The summed E-state index contributed by atoms with van der Waals surface area (Å²) < 4.78 is 17.0. The van der Waals surface area contributed by atoms with Crippen LogP contribution in [0.5, 0.6) is 17.2 Å². The Balaban J connectivity index is 1.58. The summed E-state index contributed by atoms with van der Waals surface area (Å²) in [6.45, 7) is 0. The van der Waals surface area contributed by atoms with Gasteiger partial charge in [-0.1, -0.05) is 78.9 Å². The standard InChI is InChI=1S/C36H29NO6/c1-41-23-12-8-11-22(20-23)32(38)31-30(26-15-9-17-28(42-2)33(26)43-3)36(34(39)24-13-5-6-14-25(24)35(36)40)29-19-18-21-10-4-7-16-27(21)37(29)31/h4-20,29-31H,1-3H3/t29-,30-,31-/m0/s1. The number of rotatable bonds is 6. The molecule has 4 aromatic carbocycles. The van der Waals surface area contributed by atoms with Crippen LogP contribution in [0.1, 0.15) is 48.1 Å². The first-order valence-electron chi connectivity index (χ1n) is 14.1. The van der Waals surface area contributed by atoms with Gasteiger partial charge in [-0.2, -0.15) is 0 Å². The summed E-state index contributed by atoms with van der Waals surface area (Å²) in [5, 5.41) is 0. The van der Waals surface area contributed by atoms with Crippen molar-refractivity contribution in [3.8, 4) is 17.2 Å². The highest BCUT2D eigenvalue weighted by molar-refractivity contribution is 6.32. The Kier molecular flexibility index (Phi) is 6.20. The van der Waals surface area contributed by atoms with Gasteiger partial charge in [0, 0.05) is 33.9 Å². The number of nitrogens with zero attached hydrogens (tertiary/aromatic N) is 1. The van der Waals surface area contributed by atoms with Crippen molar-refractivity contribution in [2.45, 2.75) is 18.0 Å².